The zero-order valence-electron chi connectivity index (χ0n) is 7.76. The third-order valence-electron chi connectivity index (χ3n) is 4.10. The van der Waals surface area contributed by atoms with E-state index in [1.807, 2.05) is 0 Å². The summed E-state index contributed by atoms with van der Waals surface area (Å²) < 4.78 is 0. The topological polar surface area (TPSA) is 12.0 Å². The van der Waals surface area contributed by atoms with Crippen LogP contribution in [0, 0.1) is 17.8 Å². The quantitative estimate of drug-likeness (QED) is 0.676. The molecule has 1 nitrogen and oxygen atoms in total. The second-order valence-corrected chi connectivity index (χ2v) is 5.13. The van der Waals surface area contributed by atoms with Crippen LogP contribution in [0.4, 0.5) is 0 Å². The van der Waals surface area contributed by atoms with E-state index < -0.39 is 0 Å². The lowest BCUT2D eigenvalue weighted by molar-refractivity contribution is 0.348. The highest BCUT2D eigenvalue weighted by atomic mass is 14.9. The van der Waals surface area contributed by atoms with Crippen molar-refractivity contribution in [2.45, 2.75) is 44.6 Å². The van der Waals surface area contributed by atoms with Gasteiger partial charge in [0, 0.05) is 6.04 Å². The van der Waals surface area contributed by atoms with Gasteiger partial charge in [0.25, 0.3) is 0 Å². The van der Waals surface area contributed by atoms with Crippen molar-refractivity contribution in [3.8, 4) is 0 Å². The van der Waals surface area contributed by atoms with Crippen LogP contribution in [0.15, 0.2) is 0 Å². The van der Waals surface area contributed by atoms with Gasteiger partial charge in [-0.05, 0) is 56.4 Å². The van der Waals surface area contributed by atoms with Crippen molar-refractivity contribution in [1.29, 1.82) is 0 Å². The first-order chi connectivity index (χ1) is 5.92. The zero-order chi connectivity index (χ0) is 7.97. The third kappa shape index (κ3) is 1.28. The molecule has 3 saturated carbocycles. The van der Waals surface area contributed by atoms with Crippen molar-refractivity contribution in [2.24, 2.45) is 17.8 Å². The van der Waals surface area contributed by atoms with E-state index >= 15 is 0 Å². The first-order valence-electron chi connectivity index (χ1n) is 5.65. The monoisotopic (exact) mass is 165 g/mol. The molecule has 0 aromatic heterocycles. The zero-order valence-corrected chi connectivity index (χ0v) is 7.76. The molecule has 3 atom stereocenters. The maximum Gasteiger partial charge on any atom is 0.00981 e. The molecule has 0 saturated heterocycles. The van der Waals surface area contributed by atoms with E-state index in [0.29, 0.717) is 0 Å². The second-order valence-electron chi connectivity index (χ2n) is 5.13. The molecule has 3 aliphatic rings. The molecule has 0 amide bonds. The van der Waals surface area contributed by atoms with Crippen LogP contribution in [0.2, 0.25) is 0 Å². The maximum absolute atomic E-state index is 3.77. The molecule has 0 aliphatic heterocycles. The number of hydrogen-bond acceptors (Lipinski definition) is 1. The van der Waals surface area contributed by atoms with Gasteiger partial charge in [-0.2, -0.15) is 0 Å². The Labute approximate surface area is 74.9 Å². The van der Waals surface area contributed by atoms with E-state index in [0.717, 1.165) is 23.8 Å². The van der Waals surface area contributed by atoms with Gasteiger partial charge in [0.15, 0.2) is 0 Å². The molecular formula is C11H19N. The van der Waals surface area contributed by atoms with E-state index in [4.69, 9.17) is 0 Å². The predicted molar refractivity (Wildman–Crippen MR) is 50.0 cm³/mol. The summed E-state index contributed by atoms with van der Waals surface area (Å²) in [5.41, 5.74) is 0. The molecule has 3 unspecified atom stereocenters. The van der Waals surface area contributed by atoms with Crippen LogP contribution in [-0.4, -0.2) is 12.6 Å². The van der Waals surface area contributed by atoms with Crippen LogP contribution < -0.4 is 5.32 Å². The SMILES string of the molecule is C1CC1CNC1CC2CCC1C2. The van der Waals surface area contributed by atoms with Crippen molar-refractivity contribution in [1.82, 2.24) is 5.32 Å². The van der Waals surface area contributed by atoms with Crippen LogP contribution in [0.1, 0.15) is 38.5 Å². The first kappa shape index (κ1) is 7.37. The van der Waals surface area contributed by atoms with E-state index in [-0.39, 0.29) is 0 Å². The maximum atomic E-state index is 3.77. The summed E-state index contributed by atoms with van der Waals surface area (Å²) in [5.74, 6) is 3.23. The molecule has 68 valence electrons. The Balaban J connectivity index is 1.50. The minimum absolute atomic E-state index is 0.921. The third-order valence-corrected chi connectivity index (χ3v) is 4.10. The van der Waals surface area contributed by atoms with Crippen molar-refractivity contribution in [3.63, 3.8) is 0 Å². The number of rotatable bonds is 3. The average Bonchev–Trinajstić information content (AvgIpc) is 2.69. The Morgan fingerprint density at radius 2 is 1.92 bits per heavy atom. The number of hydrogen-bond donors (Lipinski definition) is 1. The summed E-state index contributed by atoms with van der Waals surface area (Å²) in [6, 6.07) is 0.921. The van der Waals surface area contributed by atoms with Gasteiger partial charge in [0.05, 0.1) is 0 Å². The van der Waals surface area contributed by atoms with Crippen LogP contribution in [-0.2, 0) is 0 Å². The molecule has 3 fully saturated rings. The standard InChI is InChI=1S/C11H19N/c1-2-8(1)7-12-11-6-9-3-4-10(11)5-9/h8-12H,1-7H2. The lowest BCUT2D eigenvalue weighted by Crippen LogP contribution is -2.35. The van der Waals surface area contributed by atoms with Crippen LogP contribution >= 0.6 is 0 Å². The minimum atomic E-state index is 0.921. The van der Waals surface area contributed by atoms with Gasteiger partial charge in [-0.25, -0.2) is 0 Å². The van der Waals surface area contributed by atoms with E-state index in [1.54, 1.807) is 6.42 Å². The van der Waals surface area contributed by atoms with Crippen molar-refractivity contribution < 1.29 is 0 Å². The van der Waals surface area contributed by atoms with Gasteiger partial charge < -0.3 is 5.32 Å². The summed E-state index contributed by atoms with van der Waals surface area (Å²) in [6.07, 6.45) is 9.08. The summed E-state index contributed by atoms with van der Waals surface area (Å²) in [6.45, 7) is 1.33. The Morgan fingerprint density at radius 1 is 1.00 bits per heavy atom. The smallest absolute Gasteiger partial charge is 0.00981 e. The molecule has 3 aliphatic carbocycles. The molecule has 12 heavy (non-hydrogen) atoms. The van der Waals surface area contributed by atoms with Crippen LogP contribution in [0.3, 0.4) is 0 Å². The number of nitrogens with one attached hydrogen (secondary N) is 1. The van der Waals surface area contributed by atoms with Gasteiger partial charge >= 0.3 is 0 Å². The van der Waals surface area contributed by atoms with E-state index in [9.17, 15) is 0 Å². The summed E-state index contributed by atoms with van der Waals surface area (Å²) in [5, 5.41) is 3.77. The molecule has 3 rings (SSSR count). The fourth-order valence-electron chi connectivity index (χ4n) is 3.13. The highest BCUT2D eigenvalue weighted by Gasteiger charge is 2.39. The fraction of sp³-hybridized carbons (Fsp3) is 1.00. The van der Waals surface area contributed by atoms with Gasteiger partial charge in [0.2, 0.25) is 0 Å². The Kier molecular flexibility index (Phi) is 1.68. The molecule has 0 aromatic carbocycles. The largest absolute Gasteiger partial charge is 0.313 e. The molecule has 1 heteroatoms. The van der Waals surface area contributed by atoms with Gasteiger partial charge in [-0.15, -0.1) is 0 Å². The van der Waals surface area contributed by atoms with E-state index in [2.05, 4.69) is 5.32 Å². The molecular weight excluding hydrogens is 146 g/mol. The predicted octanol–water partition coefficient (Wildman–Crippen LogP) is 2.17. The summed E-state index contributed by atoms with van der Waals surface area (Å²) in [7, 11) is 0. The summed E-state index contributed by atoms with van der Waals surface area (Å²) >= 11 is 0. The summed E-state index contributed by atoms with van der Waals surface area (Å²) in [4.78, 5) is 0. The average molecular weight is 165 g/mol. The lowest BCUT2D eigenvalue weighted by atomic mass is 9.95. The second kappa shape index (κ2) is 2.73. The Hall–Kier alpha value is -0.0400. The van der Waals surface area contributed by atoms with E-state index in [1.165, 1.54) is 38.6 Å². The minimum Gasteiger partial charge on any atom is -0.313 e. The normalized spacial score (nSPS) is 45.5. The molecule has 0 radical (unpaired) electrons. The Bertz CT molecular complexity index is 174. The lowest BCUT2D eigenvalue weighted by Gasteiger charge is -2.22. The van der Waals surface area contributed by atoms with Gasteiger partial charge in [0.1, 0.15) is 0 Å². The van der Waals surface area contributed by atoms with Crippen molar-refractivity contribution in [2.75, 3.05) is 6.54 Å². The molecule has 2 bridgehead atoms. The van der Waals surface area contributed by atoms with Gasteiger partial charge in [-0.3, -0.25) is 0 Å². The van der Waals surface area contributed by atoms with Crippen molar-refractivity contribution >= 4 is 0 Å². The number of fused-ring (bicyclic) bond motifs is 2. The highest BCUT2D eigenvalue weighted by Crippen LogP contribution is 2.44. The molecule has 1 N–H and O–H groups in total. The Morgan fingerprint density at radius 3 is 2.50 bits per heavy atom. The first-order valence-corrected chi connectivity index (χ1v) is 5.65. The van der Waals surface area contributed by atoms with Crippen LogP contribution in [0.25, 0.3) is 0 Å². The highest BCUT2D eigenvalue weighted by molar-refractivity contribution is 4.94. The fourth-order valence-corrected chi connectivity index (χ4v) is 3.13. The molecule has 0 heterocycles. The van der Waals surface area contributed by atoms with Gasteiger partial charge in [-0.1, -0.05) is 6.42 Å². The molecule has 0 aromatic rings. The van der Waals surface area contributed by atoms with Crippen LogP contribution in [0.5, 0.6) is 0 Å². The van der Waals surface area contributed by atoms with Crippen molar-refractivity contribution in [3.05, 3.63) is 0 Å². The molecule has 0 spiro atoms.